The zero-order chi connectivity index (χ0) is 18.2. The van der Waals surface area contributed by atoms with Gasteiger partial charge in [0.15, 0.2) is 0 Å². The highest BCUT2D eigenvalue weighted by Gasteiger charge is 2.47. The van der Waals surface area contributed by atoms with Gasteiger partial charge in [0.1, 0.15) is 5.60 Å². The van der Waals surface area contributed by atoms with Gasteiger partial charge in [0, 0.05) is 32.5 Å². The molecule has 0 bridgehead atoms. The molecule has 25 heavy (non-hydrogen) atoms. The second-order valence-electron chi connectivity index (χ2n) is 6.37. The molecule has 1 spiro atoms. The molecule has 0 unspecified atom stereocenters. The van der Waals surface area contributed by atoms with E-state index in [0.717, 1.165) is 12.1 Å². The summed E-state index contributed by atoms with van der Waals surface area (Å²) in [5.74, 6) is 0. The van der Waals surface area contributed by atoms with Crippen molar-refractivity contribution in [2.24, 2.45) is 0 Å². The van der Waals surface area contributed by atoms with Crippen LogP contribution in [0, 0.1) is 0 Å². The number of carboxylic acid groups (broad SMARTS) is 1. The van der Waals surface area contributed by atoms with Crippen LogP contribution in [0.3, 0.4) is 0 Å². The number of alkyl halides is 3. The Labute approximate surface area is 141 Å². The zero-order valence-corrected chi connectivity index (χ0v) is 13.3. The van der Waals surface area contributed by atoms with Crippen molar-refractivity contribution >= 4 is 12.2 Å². The first-order valence-electron chi connectivity index (χ1n) is 7.80. The molecule has 0 saturated carbocycles. The monoisotopic (exact) mass is 358 g/mol. The van der Waals surface area contributed by atoms with E-state index < -0.39 is 29.5 Å². The smallest absolute Gasteiger partial charge is 0.416 e. The van der Waals surface area contributed by atoms with Gasteiger partial charge in [-0.15, -0.1) is 0 Å². The van der Waals surface area contributed by atoms with Crippen LogP contribution in [0.15, 0.2) is 24.3 Å². The molecule has 1 aromatic rings. The van der Waals surface area contributed by atoms with Crippen LogP contribution < -0.4 is 0 Å². The Kier molecular flexibility index (Phi) is 4.26. The number of ether oxygens (including phenoxy) is 1. The van der Waals surface area contributed by atoms with Crippen molar-refractivity contribution in [3.63, 3.8) is 0 Å². The van der Waals surface area contributed by atoms with Crippen LogP contribution in [-0.2, 0) is 17.5 Å². The Hall–Kier alpha value is -2.45. The van der Waals surface area contributed by atoms with Gasteiger partial charge >= 0.3 is 18.4 Å². The number of likely N-dealkylation sites (tertiary alicyclic amines) is 1. The topological polar surface area (TPSA) is 70.1 Å². The quantitative estimate of drug-likeness (QED) is 0.882. The fourth-order valence-corrected chi connectivity index (χ4v) is 3.20. The summed E-state index contributed by atoms with van der Waals surface area (Å²) >= 11 is 0. The third kappa shape index (κ3) is 3.64. The lowest BCUT2D eigenvalue weighted by atomic mass is 9.91. The van der Waals surface area contributed by atoms with E-state index in [0.29, 0.717) is 24.9 Å². The average molecular weight is 358 g/mol. The second kappa shape index (κ2) is 6.12. The molecule has 1 aromatic carbocycles. The van der Waals surface area contributed by atoms with Crippen molar-refractivity contribution in [3.05, 3.63) is 35.4 Å². The van der Waals surface area contributed by atoms with E-state index >= 15 is 0 Å². The van der Waals surface area contributed by atoms with E-state index in [1.54, 1.807) is 0 Å². The Balaban J connectivity index is 1.63. The highest BCUT2D eigenvalue weighted by Crippen LogP contribution is 2.34. The lowest BCUT2D eigenvalue weighted by molar-refractivity contribution is -0.137. The van der Waals surface area contributed by atoms with Crippen LogP contribution in [0.5, 0.6) is 0 Å². The molecule has 0 radical (unpaired) electrons. The standard InChI is InChI=1S/C16H17F3N2O4/c17-16(18,19)12-3-1-11(2-4-12)9-21-10-15(25-14(21)24)5-7-20(8-6-15)13(22)23/h1-4H,5-10H2,(H,22,23). The molecule has 2 amide bonds. The summed E-state index contributed by atoms with van der Waals surface area (Å²) in [5, 5.41) is 8.98. The van der Waals surface area contributed by atoms with Crippen molar-refractivity contribution < 1.29 is 32.6 Å². The molecule has 3 rings (SSSR count). The number of carbonyl (C=O) groups excluding carboxylic acids is 1. The van der Waals surface area contributed by atoms with E-state index in [4.69, 9.17) is 9.84 Å². The molecule has 0 aromatic heterocycles. The molecule has 2 aliphatic heterocycles. The molecular weight excluding hydrogens is 341 g/mol. The predicted octanol–water partition coefficient (Wildman–Crippen LogP) is 3.17. The highest BCUT2D eigenvalue weighted by molar-refractivity contribution is 5.71. The number of amides is 2. The van der Waals surface area contributed by atoms with E-state index in [2.05, 4.69) is 0 Å². The summed E-state index contributed by atoms with van der Waals surface area (Å²) in [6.07, 6.45) is -5.10. The Morgan fingerprint density at radius 2 is 1.80 bits per heavy atom. The molecule has 2 fully saturated rings. The number of halogens is 3. The molecule has 0 aliphatic carbocycles. The fourth-order valence-electron chi connectivity index (χ4n) is 3.20. The van der Waals surface area contributed by atoms with Crippen molar-refractivity contribution in [2.45, 2.75) is 31.2 Å². The molecule has 1 N–H and O–H groups in total. The van der Waals surface area contributed by atoms with Crippen LogP contribution in [-0.4, -0.2) is 52.3 Å². The van der Waals surface area contributed by atoms with Gasteiger partial charge in [-0.25, -0.2) is 9.59 Å². The molecule has 0 atom stereocenters. The number of benzene rings is 1. The van der Waals surface area contributed by atoms with E-state index in [1.165, 1.54) is 21.9 Å². The minimum atomic E-state index is -4.40. The minimum absolute atomic E-state index is 0.154. The lowest BCUT2D eigenvalue weighted by Gasteiger charge is -2.36. The van der Waals surface area contributed by atoms with Crippen LogP contribution >= 0.6 is 0 Å². The number of hydrogen-bond acceptors (Lipinski definition) is 3. The van der Waals surface area contributed by atoms with Gasteiger partial charge < -0.3 is 14.7 Å². The van der Waals surface area contributed by atoms with Gasteiger partial charge in [0.25, 0.3) is 0 Å². The maximum Gasteiger partial charge on any atom is 0.416 e. The maximum atomic E-state index is 12.6. The van der Waals surface area contributed by atoms with Gasteiger partial charge in [-0.05, 0) is 17.7 Å². The van der Waals surface area contributed by atoms with Gasteiger partial charge in [-0.1, -0.05) is 12.1 Å². The predicted molar refractivity (Wildman–Crippen MR) is 79.9 cm³/mol. The normalized spacial score (nSPS) is 20.0. The molecule has 2 heterocycles. The molecule has 136 valence electrons. The second-order valence-corrected chi connectivity index (χ2v) is 6.37. The maximum absolute atomic E-state index is 12.6. The Morgan fingerprint density at radius 3 is 2.32 bits per heavy atom. The molecule has 2 saturated heterocycles. The fraction of sp³-hybridized carbons (Fsp3) is 0.500. The van der Waals surface area contributed by atoms with E-state index in [-0.39, 0.29) is 19.6 Å². The number of carbonyl (C=O) groups is 2. The molecular formula is C16H17F3N2O4. The van der Waals surface area contributed by atoms with E-state index in [1.807, 2.05) is 0 Å². The summed E-state index contributed by atoms with van der Waals surface area (Å²) in [4.78, 5) is 25.8. The van der Waals surface area contributed by atoms with Crippen molar-refractivity contribution in [1.82, 2.24) is 9.80 Å². The summed E-state index contributed by atoms with van der Waals surface area (Å²) in [5.41, 5.74) is -0.877. The van der Waals surface area contributed by atoms with Crippen LogP contribution in [0.25, 0.3) is 0 Å². The Bertz CT molecular complexity index is 667. The van der Waals surface area contributed by atoms with Gasteiger partial charge in [-0.2, -0.15) is 13.2 Å². The minimum Gasteiger partial charge on any atom is -0.465 e. The molecule has 2 aliphatic rings. The largest absolute Gasteiger partial charge is 0.465 e. The summed E-state index contributed by atoms with van der Waals surface area (Å²) < 4.78 is 43.2. The van der Waals surface area contributed by atoms with Crippen molar-refractivity contribution in [1.29, 1.82) is 0 Å². The first-order chi connectivity index (χ1) is 11.7. The van der Waals surface area contributed by atoms with Crippen molar-refractivity contribution in [2.75, 3.05) is 19.6 Å². The Morgan fingerprint density at radius 1 is 1.20 bits per heavy atom. The molecule has 6 nitrogen and oxygen atoms in total. The van der Waals surface area contributed by atoms with E-state index in [9.17, 15) is 22.8 Å². The highest BCUT2D eigenvalue weighted by atomic mass is 19.4. The number of hydrogen-bond donors (Lipinski definition) is 1. The molecule has 9 heteroatoms. The van der Waals surface area contributed by atoms with Crippen LogP contribution in [0.1, 0.15) is 24.0 Å². The average Bonchev–Trinajstić information content (AvgIpc) is 2.83. The van der Waals surface area contributed by atoms with Gasteiger partial charge in [0.2, 0.25) is 0 Å². The zero-order valence-electron chi connectivity index (χ0n) is 13.3. The van der Waals surface area contributed by atoms with Crippen molar-refractivity contribution in [3.8, 4) is 0 Å². The summed E-state index contributed by atoms with van der Waals surface area (Å²) in [6.45, 7) is 1.04. The lowest BCUT2D eigenvalue weighted by Crippen LogP contribution is -2.48. The van der Waals surface area contributed by atoms with Crippen LogP contribution in [0.4, 0.5) is 22.8 Å². The summed E-state index contributed by atoms with van der Waals surface area (Å²) in [7, 11) is 0. The first kappa shape index (κ1) is 17.4. The van der Waals surface area contributed by atoms with Gasteiger partial charge in [0.05, 0.1) is 12.1 Å². The third-order valence-electron chi connectivity index (χ3n) is 4.64. The number of nitrogens with zero attached hydrogens (tertiary/aromatic N) is 2. The summed E-state index contributed by atoms with van der Waals surface area (Å²) in [6, 6.07) is 4.65. The SMILES string of the molecule is O=C(O)N1CCC2(CC1)CN(Cc1ccc(C(F)(F)F)cc1)C(=O)O2. The van der Waals surface area contributed by atoms with Crippen LogP contribution in [0.2, 0.25) is 0 Å². The third-order valence-corrected chi connectivity index (χ3v) is 4.64. The van der Waals surface area contributed by atoms with Gasteiger partial charge in [-0.3, -0.25) is 4.90 Å². The first-order valence-corrected chi connectivity index (χ1v) is 7.80. The number of rotatable bonds is 2. The number of piperidine rings is 1.